The quantitative estimate of drug-likeness (QED) is 0.359. The van der Waals surface area contributed by atoms with E-state index in [9.17, 15) is 14.4 Å². The Labute approximate surface area is 231 Å². The molecule has 0 atom stereocenters. The molecule has 1 heterocycles. The Balaban J connectivity index is 1.76. The zero-order valence-corrected chi connectivity index (χ0v) is 22.5. The summed E-state index contributed by atoms with van der Waals surface area (Å²) < 4.78 is 36.7. The van der Waals surface area contributed by atoms with Crippen LogP contribution in [0.4, 0.5) is 20.2 Å². The number of allylic oxidation sites excluding steroid dienone is 1. The maximum atomic E-state index is 15.5. The Kier molecular flexibility index (Phi) is 8.62. The van der Waals surface area contributed by atoms with Crippen LogP contribution in [0.5, 0.6) is 5.75 Å². The number of carbonyl (C=O) groups is 3. The first-order chi connectivity index (χ1) is 19.1. The minimum atomic E-state index is -3.38. The SMILES string of the molecule is CCOc1c(C(=O)Nc2ccccc2)cccc1C(=O)N1CCC(F)(F)C(=CC(=O)NC(C)C)c2ccccc21. The van der Waals surface area contributed by atoms with Crippen LogP contribution in [0.25, 0.3) is 5.57 Å². The van der Waals surface area contributed by atoms with Crippen LogP contribution in [-0.2, 0) is 4.79 Å². The number of halogens is 2. The number of amides is 3. The summed E-state index contributed by atoms with van der Waals surface area (Å²) in [6.07, 6.45) is 0.208. The number of hydrogen-bond acceptors (Lipinski definition) is 4. The number of anilines is 2. The Morgan fingerprint density at radius 3 is 2.35 bits per heavy atom. The molecule has 1 aliphatic rings. The molecule has 0 unspecified atom stereocenters. The van der Waals surface area contributed by atoms with Gasteiger partial charge in [-0.05, 0) is 51.1 Å². The molecule has 0 radical (unpaired) electrons. The summed E-state index contributed by atoms with van der Waals surface area (Å²) >= 11 is 0. The van der Waals surface area contributed by atoms with Gasteiger partial charge in [0.2, 0.25) is 5.91 Å². The van der Waals surface area contributed by atoms with E-state index in [2.05, 4.69) is 10.6 Å². The summed E-state index contributed by atoms with van der Waals surface area (Å²) in [7, 11) is 0. The lowest BCUT2D eigenvalue weighted by atomic mass is 9.97. The van der Waals surface area contributed by atoms with Crippen LogP contribution >= 0.6 is 0 Å². The molecule has 0 saturated heterocycles. The molecule has 0 spiro atoms. The average Bonchev–Trinajstić information content (AvgIpc) is 3.02. The van der Waals surface area contributed by atoms with Gasteiger partial charge in [0.25, 0.3) is 17.7 Å². The van der Waals surface area contributed by atoms with E-state index < -0.39 is 35.6 Å². The first-order valence-corrected chi connectivity index (χ1v) is 13.1. The van der Waals surface area contributed by atoms with Crippen molar-refractivity contribution in [1.82, 2.24) is 5.32 Å². The van der Waals surface area contributed by atoms with Crippen LogP contribution in [0.1, 0.15) is 53.5 Å². The third-order valence-electron chi connectivity index (χ3n) is 6.29. The number of alkyl halides is 2. The molecule has 0 aromatic heterocycles. The first-order valence-electron chi connectivity index (χ1n) is 13.1. The summed E-state index contributed by atoms with van der Waals surface area (Å²) in [5.41, 5.74) is 0.610. The van der Waals surface area contributed by atoms with Gasteiger partial charge in [-0.1, -0.05) is 42.5 Å². The standard InChI is InChI=1S/C31H31F2N3O4/c1-4-40-28-23(29(38)35-21-11-6-5-7-12-21)14-10-15-24(28)30(39)36-18-17-31(32,33)25(19-27(37)34-20(2)3)22-13-8-9-16-26(22)36/h5-16,19-20H,4,17-18H2,1-3H3,(H,34,37)(H,35,38). The average molecular weight is 548 g/mol. The highest BCUT2D eigenvalue weighted by Gasteiger charge is 2.42. The summed E-state index contributed by atoms with van der Waals surface area (Å²) in [4.78, 5) is 40.9. The lowest BCUT2D eigenvalue weighted by Gasteiger charge is -2.24. The van der Waals surface area contributed by atoms with Gasteiger partial charge in [0.1, 0.15) is 5.75 Å². The number of carbonyl (C=O) groups excluding carboxylic acids is 3. The second kappa shape index (κ2) is 12.1. The fourth-order valence-electron chi connectivity index (χ4n) is 4.54. The van der Waals surface area contributed by atoms with Crippen LogP contribution in [0, 0.1) is 0 Å². The summed E-state index contributed by atoms with van der Waals surface area (Å²) in [5, 5.41) is 5.40. The van der Waals surface area contributed by atoms with E-state index in [0.717, 1.165) is 6.08 Å². The molecule has 0 fully saturated rings. The van der Waals surface area contributed by atoms with Crippen molar-refractivity contribution in [3.63, 3.8) is 0 Å². The zero-order valence-electron chi connectivity index (χ0n) is 22.5. The van der Waals surface area contributed by atoms with Gasteiger partial charge >= 0.3 is 0 Å². The zero-order chi connectivity index (χ0) is 28.9. The fraction of sp³-hybridized carbons (Fsp3) is 0.258. The van der Waals surface area contributed by atoms with Gasteiger partial charge in [-0.2, -0.15) is 0 Å². The molecule has 2 N–H and O–H groups in total. The number of para-hydroxylation sites is 3. The van der Waals surface area contributed by atoms with Crippen molar-refractivity contribution in [3.05, 3.63) is 95.6 Å². The molecule has 3 aromatic carbocycles. The Morgan fingerprint density at radius 1 is 0.975 bits per heavy atom. The molecular weight excluding hydrogens is 516 g/mol. The van der Waals surface area contributed by atoms with Crippen molar-refractivity contribution < 1.29 is 27.9 Å². The van der Waals surface area contributed by atoms with Gasteiger partial charge in [-0.25, -0.2) is 8.78 Å². The smallest absolute Gasteiger partial charge is 0.275 e. The third kappa shape index (κ3) is 6.20. The van der Waals surface area contributed by atoms with Crippen molar-refractivity contribution >= 4 is 34.7 Å². The van der Waals surface area contributed by atoms with Crippen molar-refractivity contribution in [2.45, 2.75) is 39.2 Å². The van der Waals surface area contributed by atoms with Crippen LogP contribution in [0.2, 0.25) is 0 Å². The lowest BCUT2D eigenvalue weighted by Crippen LogP contribution is -2.34. The van der Waals surface area contributed by atoms with Gasteiger partial charge in [0.15, 0.2) is 0 Å². The van der Waals surface area contributed by atoms with Crippen molar-refractivity contribution in [2.24, 2.45) is 0 Å². The van der Waals surface area contributed by atoms with E-state index in [1.807, 2.05) is 6.07 Å². The van der Waals surface area contributed by atoms with Crippen LogP contribution in [0.15, 0.2) is 78.9 Å². The highest BCUT2D eigenvalue weighted by atomic mass is 19.3. The number of hydrogen-bond donors (Lipinski definition) is 2. The molecular formula is C31H31F2N3O4. The Bertz CT molecular complexity index is 1440. The second-order valence-corrected chi connectivity index (χ2v) is 9.59. The van der Waals surface area contributed by atoms with E-state index in [1.165, 1.54) is 17.0 Å². The predicted molar refractivity (Wildman–Crippen MR) is 151 cm³/mol. The summed E-state index contributed by atoms with van der Waals surface area (Å²) in [6, 6.07) is 19.5. The minimum absolute atomic E-state index is 0.0593. The predicted octanol–water partition coefficient (Wildman–Crippen LogP) is 5.93. The lowest BCUT2D eigenvalue weighted by molar-refractivity contribution is -0.117. The van der Waals surface area contributed by atoms with Crippen LogP contribution in [-0.4, -0.2) is 42.8 Å². The Hall–Kier alpha value is -4.53. The van der Waals surface area contributed by atoms with Crippen LogP contribution < -0.4 is 20.3 Å². The second-order valence-electron chi connectivity index (χ2n) is 9.59. The monoisotopic (exact) mass is 547 g/mol. The highest BCUT2D eigenvalue weighted by Crippen LogP contribution is 2.43. The summed E-state index contributed by atoms with van der Waals surface area (Å²) in [5.74, 6) is -5.04. The van der Waals surface area contributed by atoms with E-state index in [1.54, 1.807) is 75.4 Å². The van der Waals surface area contributed by atoms with E-state index in [-0.39, 0.29) is 47.3 Å². The third-order valence-corrected chi connectivity index (χ3v) is 6.29. The molecule has 4 rings (SSSR count). The molecule has 0 saturated carbocycles. The number of fused-ring (bicyclic) bond motifs is 1. The maximum Gasteiger partial charge on any atom is 0.275 e. The molecule has 1 aliphatic heterocycles. The van der Waals surface area contributed by atoms with Gasteiger partial charge in [-0.15, -0.1) is 0 Å². The van der Waals surface area contributed by atoms with Gasteiger partial charge in [-0.3, -0.25) is 14.4 Å². The summed E-state index contributed by atoms with van der Waals surface area (Å²) in [6.45, 7) is 5.04. The molecule has 0 bridgehead atoms. The number of nitrogens with one attached hydrogen (secondary N) is 2. The maximum absolute atomic E-state index is 15.5. The topological polar surface area (TPSA) is 87.7 Å². The number of rotatable bonds is 7. The van der Waals surface area contributed by atoms with Crippen molar-refractivity contribution in [2.75, 3.05) is 23.4 Å². The minimum Gasteiger partial charge on any atom is -0.492 e. The van der Waals surface area contributed by atoms with Crippen molar-refractivity contribution in [1.29, 1.82) is 0 Å². The van der Waals surface area contributed by atoms with Gasteiger partial charge in [0, 0.05) is 41.9 Å². The largest absolute Gasteiger partial charge is 0.492 e. The van der Waals surface area contributed by atoms with Gasteiger partial charge < -0.3 is 20.3 Å². The molecule has 40 heavy (non-hydrogen) atoms. The Morgan fingerprint density at radius 2 is 1.65 bits per heavy atom. The normalized spacial score (nSPS) is 15.2. The molecule has 3 aromatic rings. The number of ether oxygens (including phenoxy) is 1. The van der Waals surface area contributed by atoms with Crippen LogP contribution in [0.3, 0.4) is 0 Å². The molecule has 7 nitrogen and oxygen atoms in total. The highest BCUT2D eigenvalue weighted by molar-refractivity contribution is 6.14. The number of benzene rings is 3. The van der Waals surface area contributed by atoms with E-state index >= 15 is 8.78 Å². The van der Waals surface area contributed by atoms with E-state index in [4.69, 9.17) is 4.74 Å². The molecule has 3 amide bonds. The number of nitrogens with zero attached hydrogens (tertiary/aromatic N) is 1. The van der Waals surface area contributed by atoms with Crippen molar-refractivity contribution in [3.8, 4) is 5.75 Å². The van der Waals surface area contributed by atoms with E-state index in [0.29, 0.717) is 5.69 Å². The molecule has 208 valence electrons. The molecule has 0 aliphatic carbocycles. The molecule has 9 heteroatoms. The first kappa shape index (κ1) is 28.5. The van der Waals surface area contributed by atoms with Gasteiger partial charge in [0.05, 0.1) is 23.4 Å². The fourth-order valence-corrected chi connectivity index (χ4v) is 4.54.